The van der Waals surface area contributed by atoms with Gasteiger partial charge in [-0.2, -0.15) is 5.10 Å². The summed E-state index contributed by atoms with van der Waals surface area (Å²) in [5.41, 5.74) is 0.838. The van der Waals surface area contributed by atoms with Crippen LogP contribution < -0.4 is 5.32 Å². The Bertz CT molecular complexity index is 789. The Morgan fingerprint density at radius 3 is 2.34 bits per heavy atom. The fourth-order valence-corrected chi connectivity index (χ4v) is 7.72. The second-order valence-electron chi connectivity index (χ2n) is 10.7. The van der Waals surface area contributed by atoms with E-state index in [-0.39, 0.29) is 17.4 Å². The third kappa shape index (κ3) is 2.93. The van der Waals surface area contributed by atoms with Crippen molar-refractivity contribution in [3.8, 4) is 0 Å². The first-order valence-corrected chi connectivity index (χ1v) is 11.7. The highest BCUT2D eigenvalue weighted by atomic mass is 16.2. The van der Waals surface area contributed by atoms with Gasteiger partial charge in [-0.3, -0.25) is 14.3 Å². The highest BCUT2D eigenvalue weighted by molar-refractivity contribution is 5.86. The van der Waals surface area contributed by atoms with Gasteiger partial charge in [0.2, 0.25) is 11.8 Å². The van der Waals surface area contributed by atoms with Crippen LogP contribution in [-0.2, 0) is 16.1 Å². The van der Waals surface area contributed by atoms with Crippen molar-refractivity contribution in [3.63, 3.8) is 0 Å². The summed E-state index contributed by atoms with van der Waals surface area (Å²) < 4.78 is 1.85. The number of nitrogens with zero attached hydrogens (tertiary/aromatic N) is 3. The number of rotatable bonds is 3. The number of fused-ring (bicyclic) bond motifs is 1. The van der Waals surface area contributed by atoms with Gasteiger partial charge >= 0.3 is 0 Å². The summed E-state index contributed by atoms with van der Waals surface area (Å²) in [5.74, 6) is 2.61. The molecular weight excluding hydrogens is 364 g/mol. The largest absolute Gasteiger partial charge is 0.351 e. The zero-order valence-electron chi connectivity index (χ0n) is 17.2. The zero-order valence-corrected chi connectivity index (χ0v) is 17.2. The molecule has 1 aromatic heterocycles. The number of hydrogen-bond acceptors (Lipinski definition) is 3. The fourth-order valence-electron chi connectivity index (χ4n) is 7.72. The van der Waals surface area contributed by atoms with Crippen LogP contribution in [0.1, 0.15) is 75.9 Å². The van der Waals surface area contributed by atoms with Crippen molar-refractivity contribution in [1.29, 1.82) is 0 Å². The normalized spacial score (nSPS) is 38.3. The van der Waals surface area contributed by atoms with E-state index in [4.69, 9.17) is 0 Å². The molecule has 5 aliphatic carbocycles. The van der Waals surface area contributed by atoms with Gasteiger partial charge in [0.25, 0.3) is 0 Å². The average Bonchev–Trinajstić information content (AvgIpc) is 3.37. The second kappa shape index (κ2) is 6.58. The molecule has 6 aliphatic rings. The molecular formula is C23H32N4O2. The molecule has 1 aromatic rings. The molecule has 29 heavy (non-hydrogen) atoms. The fraction of sp³-hybridized carbons (Fsp3) is 0.783. The smallest absolute Gasteiger partial charge is 0.246 e. The molecule has 2 heterocycles. The molecule has 0 aromatic carbocycles. The van der Waals surface area contributed by atoms with Gasteiger partial charge in [0.05, 0.1) is 24.2 Å². The van der Waals surface area contributed by atoms with Gasteiger partial charge in [0.1, 0.15) is 6.04 Å². The maximum Gasteiger partial charge on any atom is 0.246 e. The Morgan fingerprint density at radius 2 is 1.69 bits per heavy atom. The Morgan fingerprint density at radius 1 is 1.03 bits per heavy atom. The van der Waals surface area contributed by atoms with Gasteiger partial charge < -0.3 is 10.2 Å². The molecule has 1 N–H and O–H groups in total. The molecule has 2 amide bonds. The first-order chi connectivity index (χ1) is 14.1. The Hall–Kier alpha value is -1.85. The molecule has 156 valence electrons. The highest BCUT2D eigenvalue weighted by Gasteiger charge is 2.56. The predicted octanol–water partition coefficient (Wildman–Crippen LogP) is 3.04. The van der Waals surface area contributed by atoms with E-state index in [9.17, 15) is 9.59 Å². The number of carbonyl (C=O) groups excluding carboxylic acids is 2. The summed E-state index contributed by atoms with van der Waals surface area (Å²) in [4.78, 5) is 29.0. The minimum Gasteiger partial charge on any atom is -0.351 e. The number of hydrogen-bond donors (Lipinski definition) is 1. The van der Waals surface area contributed by atoms with Crippen LogP contribution in [0.15, 0.2) is 12.3 Å². The summed E-state index contributed by atoms with van der Waals surface area (Å²) >= 11 is 0. The molecule has 7 rings (SSSR count). The van der Waals surface area contributed by atoms with Gasteiger partial charge in [-0.15, -0.1) is 0 Å². The van der Waals surface area contributed by atoms with Crippen LogP contribution in [0.3, 0.4) is 0 Å². The molecule has 0 saturated heterocycles. The van der Waals surface area contributed by atoms with E-state index in [2.05, 4.69) is 10.4 Å². The first kappa shape index (κ1) is 18.0. The van der Waals surface area contributed by atoms with Crippen molar-refractivity contribution in [1.82, 2.24) is 20.0 Å². The lowest BCUT2D eigenvalue weighted by molar-refractivity contribution is -0.160. The monoisotopic (exact) mass is 396 g/mol. The van der Waals surface area contributed by atoms with E-state index in [1.165, 1.54) is 32.1 Å². The van der Waals surface area contributed by atoms with E-state index in [0.717, 1.165) is 55.6 Å². The molecule has 4 bridgehead atoms. The van der Waals surface area contributed by atoms with E-state index in [0.29, 0.717) is 19.0 Å². The lowest BCUT2D eigenvalue weighted by Gasteiger charge is -2.57. The Balaban J connectivity index is 1.24. The van der Waals surface area contributed by atoms with Gasteiger partial charge in [-0.05, 0) is 75.2 Å². The summed E-state index contributed by atoms with van der Waals surface area (Å²) in [5, 5.41) is 7.67. The van der Waals surface area contributed by atoms with Crippen molar-refractivity contribution < 1.29 is 9.59 Å². The number of aromatic nitrogens is 2. The van der Waals surface area contributed by atoms with Crippen LogP contribution in [0.4, 0.5) is 0 Å². The van der Waals surface area contributed by atoms with Crippen LogP contribution >= 0.6 is 0 Å². The Labute approximate surface area is 172 Å². The molecule has 0 unspecified atom stereocenters. The van der Waals surface area contributed by atoms with Crippen LogP contribution in [-0.4, -0.2) is 39.1 Å². The SMILES string of the molecule is O=C(NC1CCCC1)[C@H]1CN(C(=O)C23CC4CC(CC(C4)C2)C3)Cc2ccnn21. The highest BCUT2D eigenvalue weighted by Crippen LogP contribution is 2.60. The van der Waals surface area contributed by atoms with Crippen LogP contribution in [0, 0.1) is 23.2 Å². The summed E-state index contributed by atoms with van der Waals surface area (Å²) in [6.45, 7) is 1.06. The standard InChI is InChI=1S/C23H32N4O2/c28-21(25-18-3-1-2-4-18)20-14-26(13-19-5-6-24-27(19)20)22(29)23-10-15-7-16(11-23)9-17(8-15)12-23/h5-6,15-18,20H,1-4,7-14H2,(H,25,28)/t15?,16?,17?,20-,23?/m1/s1. The van der Waals surface area contributed by atoms with Gasteiger partial charge in [-0.1, -0.05) is 12.8 Å². The molecule has 1 atom stereocenters. The number of nitrogens with one attached hydrogen (secondary N) is 1. The lowest BCUT2D eigenvalue weighted by atomic mass is 9.49. The molecule has 1 aliphatic heterocycles. The van der Waals surface area contributed by atoms with E-state index in [1.54, 1.807) is 6.20 Å². The average molecular weight is 397 g/mol. The summed E-state index contributed by atoms with van der Waals surface area (Å²) in [7, 11) is 0. The van der Waals surface area contributed by atoms with Crippen molar-refractivity contribution in [3.05, 3.63) is 18.0 Å². The van der Waals surface area contributed by atoms with Crippen molar-refractivity contribution in [2.24, 2.45) is 23.2 Å². The van der Waals surface area contributed by atoms with Crippen molar-refractivity contribution >= 4 is 11.8 Å². The molecule has 0 radical (unpaired) electrons. The van der Waals surface area contributed by atoms with Gasteiger partial charge in [0.15, 0.2) is 0 Å². The van der Waals surface area contributed by atoms with Crippen molar-refractivity contribution in [2.75, 3.05) is 6.54 Å². The predicted molar refractivity (Wildman–Crippen MR) is 108 cm³/mol. The molecule has 6 heteroatoms. The third-order valence-electron chi connectivity index (χ3n) is 8.58. The maximum atomic E-state index is 13.9. The quantitative estimate of drug-likeness (QED) is 0.854. The van der Waals surface area contributed by atoms with Crippen LogP contribution in [0.5, 0.6) is 0 Å². The minimum absolute atomic E-state index is 0.0323. The first-order valence-electron chi connectivity index (χ1n) is 11.7. The zero-order chi connectivity index (χ0) is 19.6. The van der Waals surface area contributed by atoms with Crippen LogP contribution in [0.2, 0.25) is 0 Å². The van der Waals surface area contributed by atoms with Gasteiger partial charge in [-0.25, -0.2) is 0 Å². The lowest BCUT2D eigenvalue weighted by Crippen LogP contribution is -2.57. The summed E-state index contributed by atoms with van der Waals surface area (Å²) in [6, 6.07) is 1.86. The van der Waals surface area contributed by atoms with Gasteiger partial charge in [0, 0.05) is 12.2 Å². The molecule has 6 nitrogen and oxygen atoms in total. The minimum atomic E-state index is -0.396. The topological polar surface area (TPSA) is 67.2 Å². The second-order valence-corrected chi connectivity index (χ2v) is 10.7. The molecule has 5 saturated carbocycles. The Kier molecular flexibility index (Phi) is 4.07. The van der Waals surface area contributed by atoms with E-state index >= 15 is 0 Å². The van der Waals surface area contributed by atoms with Crippen LogP contribution in [0.25, 0.3) is 0 Å². The number of carbonyl (C=O) groups is 2. The number of amides is 2. The summed E-state index contributed by atoms with van der Waals surface area (Å²) in [6.07, 6.45) is 13.5. The maximum absolute atomic E-state index is 13.9. The molecule has 0 spiro atoms. The van der Waals surface area contributed by atoms with Crippen molar-refractivity contribution in [2.45, 2.75) is 82.8 Å². The van der Waals surface area contributed by atoms with E-state index in [1.807, 2.05) is 15.6 Å². The molecule has 5 fully saturated rings. The third-order valence-corrected chi connectivity index (χ3v) is 8.58. The van der Waals surface area contributed by atoms with E-state index < -0.39 is 6.04 Å².